The van der Waals surface area contributed by atoms with Crippen molar-refractivity contribution < 1.29 is 14.0 Å². The Morgan fingerprint density at radius 3 is 2.58 bits per heavy atom. The first-order valence-corrected chi connectivity index (χ1v) is 9.63. The van der Waals surface area contributed by atoms with Crippen LogP contribution in [0.5, 0.6) is 0 Å². The van der Waals surface area contributed by atoms with E-state index >= 15 is 0 Å². The lowest BCUT2D eigenvalue weighted by Gasteiger charge is -2.14. The highest BCUT2D eigenvalue weighted by atomic mass is 35.5. The molecule has 0 atom stereocenters. The molecule has 0 saturated heterocycles. The third kappa shape index (κ3) is 4.36. The van der Waals surface area contributed by atoms with E-state index in [0.29, 0.717) is 10.7 Å². The maximum atomic E-state index is 13.9. The Labute approximate surface area is 180 Å². The van der Waals surface area contributed by atoms with E-state index in [2.05, 4.69) is 10.3 Å². The van der Waals surface area contributed by atoms with Crippen molar-refractivity contribution in [2.24, 2.45) is 0 Å². The number of hydrogen-bond donors (Lipinski definition) is 1. The lowest BCUT2D eigenvalue weighted by Crippen LogP contribution is -2.24. The summed E-state index contributed by atoms with van der Waals surface area (Å²) in [5.41, 5.74) is 0.312. The van der Waals surface area contributed by atoms with E-state index in [-0.39, 0.29) is 28.6 Å². The molecule has 2 aromatic heterocycles. The highest BCUT2D eigenvalue weighted by molar-refractivity contribution is 6.30. The summed E-state index contributed by atoms with van der Waals surface area (Å²) in [6.07, 6.45) is 4.17. The van der Waals surface area contributed by atoms with Crippen molar-refractivity contribution in [2.75, 3.05) is 5.32 Å². The quantitative estimate of drug-likeness (QED) is 0.479. The van der Waals surface area contributed by atoms with Crippen LogP contribution in [0.25, 0.3) is 10.9 Å². The number of halogens is 2. The van der Waals surface area contributed by atoms with Crippen molar-refractivity contribution in [1.29, 1.82) is 0 Å². The Morgan fingerprint density at radius 1 is 1.06 bits per heavy atom. The van der Waals surface area contributed by atoms with Gasteiger partial charge in [0, 0.05) is 40.3 Å². The number of fused-ring (bicyclic) bond motifs is 1. The molecule has 4 aromatic rings. The Bertz CT molecular complexity index is 1370. The summed E-state index contributed by atoms with van der Waals surface area (Å²) in [5, 5.41) is 3.29. The van der Waals surface area contributed by atoms with Gasteiger partial charge in [-0.15, -0.1) is 0 Å². The fourth-order valence-electron chi connectivity index (χ4n) is 3.24. The number of aromatic nitrogens is 2. The fourth-order valence-corrected chi connectivity index (χ4v) is 3.43. The van der Waals surface area contributed by atoms with Gasteiger partial charge in [0.1, 0.15) is 12.4 Å². The number of benzene rings is 2. The standard InChI is InChI=1S/C23H15ClFN3O3/c24-15-2-1-3-17(10-15)27-21(29)13-28-12-19(22(30)14-6-8-26-9-7-14)23(31)18-5-4-16(25)11-20(18)28/h1-12H,13H2,(H,27,29). The van der Waals surface area contributed by atoms with E-state index in [0.717, 1.165) is 12.1 Å². The third-order valence-electron chi connectivity index (χ3n) is 4.65. The van der Waals surface area contributed by atoms with Crippen molar-refractivity contribution in [3.8, 4) is 0 Å². The topological polar surface area (TPSA) is 81.1 Å². The van der Waals surface area contributed by atoms with Gasteiger partial charge in [-0.1, -0.05) is 17.7 Å². The van der Waals surface area contributed by atoms with Gasteiger partial charge in [0.2, 0.25) is 11.3 Å². The largest absolute Gasteiger partial charge is 0.337 e. The number of hydrogen-bond acceptors (Lipinski definition) is 4. The first-order chi connectivity index (χ1) is 14.9. The van der Waals surface area contributed by atoms with Crippen molar-refractivity contribution in [3.05, 3.63) is 105 Å². The van der Waals surface area contributed by atoms with E-state index in [1.54, 1.807) is 24.3 Å². The summed E-state index contributed by atoms with van der Waals surface area (Å²) in [7, 11) is 0. The monoisotopic (exact) mass is 435 g/mol. The molecular weight excluding hydrogens is 421 g/mol. The normalized spacial score (nSPS) is 10.8. The van der Waals surface area contributed by atoms with E-state index in [1.807, 2.05) is 0 Å². The summed E-state index contributed by atoms with van der Waals surface area (Å²) in [5.74, 6) is -1.51. The molecule has 0 bridgehead atoms. The Morgan fingerprint density at radius 2 is 1.84 bits per heavy atom. The van der Waals surface area contributed by atoms with Gasteiger partial charge in [-0.05, 0) is 48.5 Å². The molecule has 2 heterocycles. The number of nitrogens with zero attached hydrogens (tertiary/aromatic N) is 2. The van der Waals surface area contributed by atoms with Crippen LogP contribution in [0, 0.1) is 5.82 Å². The van der Waals surface area contributed by atoms with Gasteiger partial charge in [0.25, 0.3) is 0 Å². The predicted octanol–water partition coefficient (Wildman–Crippen LogP) is 4.06. The number of amides is 1. The molecule has 0 aliphatic heterocycles. The lowest BCUT2D eigenvalue weighted by molar-refractivity contribution is -0.116. The zero-order valence-electron chi connectivity index (χ0n) is 16.0. The summed E-state index contributed by atoms with van der Waals surface area (Å²) < 4.78 is 15.3. The van der Waals surface area contributed by atoms with Gasteiger partial charge in [-0.2, -0.15) is 0 Å². The molecule has 0 spiro atoms. The van der Waals surface area contributed by atoms with Gasteiger partial charge in [-0.25, -0.2) is 4.39 Å². The number of pyridine rings is 2. The predicted molar refractivity (Wildman–Crippen MR) is 116 cm³/mol. The van der Waals surface area contributed by atoms with E-state index < -0.39 is 22.9 Å². The molecule has 0 radical (unpaired) electrons. The number of ketones is 1. The van der Waals surface area contributed by atoms with Crippen molar-refractivity contribution >= 4 is 39.9 Å². The third-order valence-corrected chi connectivity index (χ3v) is 4.89. The van der Waals surface area contributed by atoms with Crippen LogP contribution in [0.4, 0.5) is 10.1 Å². The Hall–Kier alpha value is -3.84. The molecule has 31 heavy (non-hydrogen) atoms. The summed E-state index contributed by atoms with van der Waals surface area (Å²) in [6.45, 7) is -0.247. The molecule has 154 valence electrons. The molecule has 0 unspecified atom stereocenters. The molecule has 0 aliphatic rings. The van der Waals surface area contributed by atoms with Crippen LogP contribution in [0.2, 0.25) is 5.02 Å². The van der Waals surface area contributed by atoms with Gasteiger partial charge in [0.15, 0.2) is 5.78 Å². The van der Waals surface area contributed by atoms with Crippen molar-refractivity contribution in [1.82, 2.24) is 9.55 Å². The summed E-state index contributed by atoms with van der Waals surface area (Å²) >= 11 is 5.94. The molecule has 1 amide bonds. The average molecular weight is 436 g/mol. The van der Waals surface area contributed by atoms with E-state index in [9.17, 15) is 18.8 Å². The molecule has 0 aliphatic carbocycles. The SMILES string of the molecule is O=C(Cn1cc(C(=O)c2ccncc2)c(=O)c2ccc(F)cc21)Nc1cccc(Cl)c1. The highest BCUT2D eigenvalue weighted by Gasteiger charge is 2.18. The van der Waals surface area contributed by atoms with Crippen LogP contribution in [0.15, 0.2) is 78.0 Å². The second-order valence-electron chi connectivity index (χ2n) is 6.78. The number of rotatable bonds is 5. The van der Waals surface area contributed by atoms with Gasteiger partial charge in [-0.3, -0.25) is 19.4 Å². The second kappa shape index (κ2) is 8.49. The molecule has 0 fully saturated rings. The van der Waals surface area contributed by atoms with E-state index in [1.165, 1.54) is 41.4 Å². The molecular formula is C23H15ClFN3O3. The number of anilines is 1. The smallest absolute Gasteiger partial charge is 0.244 e. The minimum Gasteiger partial charge on any atom is -0.337 e. The average Bonchev–Trinajstić information content (AvgIpc) is 2.75. The molecule has 6 nitrogen and oxygen atoms in total. The Kier molecular flexibility index (Phi) is 5.60. The van der Waals surface area contributed by atoms with Crippen LogP contribution in [-0.2, 0) is 11.3 Å². The molecule has 0 saturated carbocycles. The number of carbonyl (C=O) groups is 2. The minimum atomic E-state index is -0.566. The molecule has 1 N–H and O–H groups in total. The van der Waals surface area contributed by atoms with Crippen molar-refractivity contribution in [2.45, 2.75) is 6.54 Å². The second-order valence-corrected chi connectivity index (χ2v) is 7.22. The number of nitrogens with one attached hydrogen (secondary N) is 1. The van der Waals surface area contributed by atoms with E-state index in [4.69, 9.17) is 11.6 Å². The van der Waals surface area contributed by atoms with Crippen LogP contribution in [0.3, 0.4) is 0 Å². The number of carbonyl (C=O) groups excluding carboxylic acids is 2. The zero-order valence-corrected chi connectivity index (χ0v) is 16.8. The highest BCUT2D eigenvalue weighted by Crippen LogP contribution is 2.18. The molecule has 2 aromatic carbocycles. The van der Waals surface area contributed by atoms with Gasteiger partial charge >= 0.3 is 0 Å². The lowest BCUT2D eigenvalue weighted by atomic mass is 10.0. The van der Waals surface area contributed by atoms with Crippen molar-refractivity contribution in [3.63, 3.8) is 0 Å². The van der Waals surface area contributed by atoms with Crippen LogP contribution < -0.4 is 10.7 Å². The summed E-state index contributed by atoms with van der Waals surface area (Å²) in [6, 6.07) is 13.2. The maximum Gasteiger partial charge on any atom is 0.244 e. The fraction of sp³-hybridized carbons (Fsp3) is 0.0435. The minimum absolute atomic E-state index is 0.124. The maximum absolute atomic E-state index is 13.9. The first-order valence-electron chi connectivity index (χ1n) is 9.25. The summed E-state index contributed by atoms with van der Waals surface area (Å²) in [4.78, 5) is 42.3. The van der Waals surface area contributed by atoms with Crippen LogP contribution in [0.1, 0.15) is 15.9 Å². The van der Waals surface area contributed by atoms with Gasteiger partial charge < -0.3 is 9.88 Å². The first kappa shape index (κ1) is 20.4. The van der Waals surface area contributed by atoms with Gasteiger partial charge in [0.05, 0.1) is 11.1 Å². The van der Waals surface area contributed by atoms with Crippen LogP contribution in [-0.4, -0.2) is 21.2 Å². The zero-order chi connectivity index (χ0) is 22.0. The molecule has 4 rings (SSSR count). The van der Waals surface area contributed by atoms with Crippen LogP contribution >= 0.6 is 11.6 Å². The Balaban J connectivity index is 1.77. The molecule has 8 heteroatoms.